The fourth-order valence-corrected chi connectivity index (χ4v) is 9.29. The summed E-state index contributed by atoms with van der Waals surface area (Å²) < 4.78 is 1.45. The van der Waals surface area contributed by atoms with E-state index in [2.05, 4.69) is 109 Å². The zero-order chi connectivity index (χ0) is 16.2. The van der Waals surface area contributed by atoms with Gasteiger partial charge in [-0.05, 0) is 34.6 Å². The highest BCUT2D eigenvalue weighted by Crippen LogP contribution is 2.55. The summed E-state index contributed by atoms with van der Waals surface area (Å²) >= 11 is 1.86. The highest BCUT2D eigenvalue weighted by atomic mass is 32.1. The standard InChI is InChI=1S/C22H18PS/c1-4-11-19(12-5-1)23(22-17-10-18-24-22,20-13-6-2-7-14-20)21-15-8-3-9-16-21/h1-18H. The summed E-state index contributed by atoms with van der Waals surface area (Å²) in [4.78, 5) is 0. The van der Waals surface area contributed by atoms with Crippen LogP contribution in [0.2, 0.25) is 0 Å². The summed E-state index contributed by atoms with van der Waals surface area (Å²) in [5, 5.41) is 6.42. The Bertz CT molecular complexity index is 788. The fraction of sp³-hybridized carbons (Fsp3) is 0. The van der Waals surface area contributed by atoms with Crippen LogP contribution in [0.5, 0.6) is 0 Å². The molecule has 0 bridgehead atoms. The van der Waals surface area contributed by atoms with Gasteiger partial charge in [0.1, 0.15) is 0 Å². The monoisotopic (exact) mass is 345 g/mol. The van der Waals surface area contributed by atoms with Gasteiger partial charge in [0.2, 0.25) is 0 Å². The van der Waals surface area contributed by atoms with Crippen LogP contribution in [0.1, 0.15) is 0 Å². The van der Waals surface area contributed by atoms with E-state index in [-0.39, 0.29) is 0 Å². The normalized spacial score (nSPS) is 11.3. The van der Waals surface area contributed by atoms with Gasteiger partial charge in [0.25, 0.3) is 0 Å². The summed E-state index contributed by atoms with van der Waals surface area (Å²) in [7, 11) is -1.84. The van der Waals surface area contributed by atoms with Crippen LogP contribution in [0.25, 0.3) is 0 Å². The quantitative estimate of drug-likeness (QED) is 0.482. The Morgan fingerprint density at radius 3 is 1.21 bits per heavy atom. The molecule has 4 aromatic rings. The third kappa shape index (κ3) is 2.51. The van der Waals surface area contributed by atoms with Gasteiger partial charge >= 0.3 is 0 Å². The molecule has 0 amide bonds. The van der Waals surface area contributed by atoms with Gasteiger partial charge in [-0.3, -0.25) is 0 Å². The maximum atomic E-state index is 2.30. The second kappa shape index (κ2) is 6.73. The topological polar surface area (TPSA) is 0 Å². The van der Waals surface area contributed by atoms with Crippen molar-refractivity contribution in [1.29, 1.82) is 0 Å². The molecule has 3 aromatic carbocycles. The zero-order valence-electron chi connectivity index (χ0n) is 13.2. The Morgan fingerprint density at radius 2 is 0.875 bits per heavy atom. The average Bonchev–Trinajstić information content (AvgIpc) is 3.20. The van der Waals surface area contributed by atoms with Crippen LogP contribution in [0.4, 0.5) is 0 Å². The first-order valence-corrected chi connectivity index (χ1v) is 10.7. The number of hydrogen-bond acceptors (Lipinski definition) is 1. The van der Waals surface area contributed by atoms with Gasteiger partial charge in [0, 0.05) is 4.62 Å². The first-order valence-electron chi connectivity index (χ1n) is 8.02. The van der Waals surface area contributed by atoms with Crippen molar-refractivity contribution in [1.82, 2.24) is 0 Å². The lowest BCUT2D eigenvalue weighted by atomic mass is 10.4. The van der Waals surface area contributed by atoms with E-state index in [1.807, 2.05) is 11.3 Å². The maximum Gasteiger partial charge on any atom is 0.0364 e. The predicted octanol–water partition coefficient (Wildman–Crippen LogP) is 4.37. The van der Waals surface area contributed by atoms with E-state index in [1.54, 1.807) is 0 Å². The van der Waals surface area contributed by atoms with Gasteiger partial charge in [-0.25, -0.2) is 0 Å². The molecule has 0 saturated heterocycles. The summed E-state index contributed by atoms with van der Waals surface area (Å²) in [5.41, 5.74) is 0. The minimum atomic E-state index is -1.84. The molecule has 0 saturated carbocycles. The van der Waals surface area contributed by atoms with Gasteiger partial charge in [-0.2, -0.15) is 0 Å². The van der Waals surface area contributed by atoms with Crippen LogP contribution in [-0.2, 0) is 0 Å². The molecule has 0 fully saturated rings. The average molecular weight is 345 g/mol. The van der Waals surface area contributed by atoms with Gasteiger partial charge < -0.3 is 0 Å². The third-order valence-electron chi connectivity index (χ3n) is 4.27. The van der Waals surface area contributed by atoms with Crippen molar-refractivity contribution in [2.24, 2.45) is 0 Å². The van der Waals surface area contributed by atoms with Crippen LogP contribution in [0.15, 0.2) is 109 Å². The van der Waals surface area contributed by atoms with E-state index >= 15 is 0 Å². The molecule has 24 heavy (non-hydrogen) atoms. The summed E-state index contributed by atoms with van der Waals surface area (Å²) in [5.74, 6) is 0. The van der Waals surface area contributed by atoms with Crippen LogP contribution in [0.3, 0.4) is 0 Å². The fourth-order valence-electron chi connectivity index (χ4n) is 3.24. The third-order valence-corrected chi connectivity index (χ3v) is 10.1. The Labute approximate surface area is 147 Å². The van der Waals surface area contributed by atoms with Gasteiger partial charge in [0.05, 0.1) is 0 Å². The lowest BCUT2D eigenvalue weighted by Gasteiger charge is -2.37. The second-order valence-corrected chi connectivity index (χ2v) is 10.3. The second-order valence-electron chi connectivity index (χ2n) is 5.63. The first-order chi connectivity index (χ1) is 11.9. The molecule has 0 aliphatic carbocycles. The van der Waals surface area contributed by atoms with E-state index < -0.39 is 7.26 Å². The Kier molecular flexibility index (Phi) is 4.30. The van der Waals surface area contributed by atoms with Crippen LogP contribution in [0, 0.1) is 0 Å². The Balaban J connectivity index is 2.12. The minimum Gasteiger partial charge on any atom is -0.143 e. The van der Waals surface area contributed by atoms with E-state index in [9.17, 15) is 0 Å². The molecule has 0 aliphatic heterocycles. The first kappa shape index (κ1) is 15.3. The lowest BCUT2D eigenvalue weighted by molar-refractivity contribution is 1.72. The van der Waals surface area contributed by atoms with Crippen LogP contribution < -0.4 is 20.5 Å². The predicted molar refractivity (Wildman–Crippen MR) is 109 cm³/mol. The number of benzene rings is 3. The van der Waals surface area contributed by atoms with Crippen molar-refractivity contribution in [3.05, 3.63) is 109 Å². The largest absolute Gasteiger partial charge is 0.143 e. The summed E-state index contributed by atoms with van der Waals surface area (Å²) in [6.45, 7) is 0. The van der Waals surface area contributed by atoms with Gasteiger partial charge in [0.15, 0.2) is 0 Å². The number of rotatable bonds is 4. The highest BCUT2D eigenvalue weighted by molar-refractivity contribution is 8.04. The van der Waals surface area contributed by atoms with E-state index in [4.69, 9.17) is 0 Å². The molecule has 0 nitrogen and oxygen atoms in total. The van der Waals surface area contributed by atoms with E-state index in [0.29, 0.717) is 0 Å². The molecule has 0 N–H and O–H groups in total. The van der Waals surface area contributed by atoms with Crippen molar-refractivity contribution < 1.29 is 0 Å². The van der Waals surface area contributed by atoms with Crippen LogP contribution >= 0.6 is 18.6 Å². The summed E-state index contributed by atoms with van der Waals surface area (Å²) in [6, 6.07) is 37.4. The van der Waals surface area contributed by atoms with Crippen molar-refractivity contribution in [3.63, 3.8) is 0 Å². The van der Waals surface area contributed by atoms with Crippen molar-refractivity contribution in [2.75, 3.05) is 0 Å². The van der Waals surface area contributed by atoms with Crippen molar-refractivity contribution >= 4 is 39.1 Å². The smallest absolute Gasteiger partial charge is 0.0364 e. The summed E-state index contributed by atoms with van der Waals surface area (Å²) in [6.07, 6.45) is 0. The maximum absolute atomic E-state index is 2.30. The molecule has 1 aromatic heterocycles. The van der Waals surface area contributed by atoms with E-state index in [1.165, 1.54) is 20.5 Å². The molecule has 2 heteroatoms. The molecule has 117 valence electrons. The zero-order valence-corrected chi connectivity index (χ0v) is 15.0. The molecule has 0 aliphatic rings. The minimum absolute atomic E-state index is 1.41. The van der Waals surface area contributed by atoms with Gasteiger partial charge in [-0.1, -0.05) is 97.1 Å². The molecule has 0 unspecified atom stereocenters. The molecular weight excluding hydrogens is 327 g/mol. The molecule has 0 spiro atoms. The number of hydrogen-bond donors (Lipinski definition) is 0. The van der Waals surface area contributed by atoms with E-state index in [0.717, 1.165) is 0 Å². The molecule has 1 radical (unpaired) electrons. The lowest BCUT2D eigenvalue weighted by Crippen LogP contribution is -2.37. The van der Waals surface area contributed by atoms with Gasteiger partial charge in [-0.15, -0.1) is 11.3 Å². The van der Waals surface area contributed by atoms with Crippen molar-refractivity contribution in [3.8, 4) is 0 Å². The van der Waals surface area contributed by atoms with Crippen molar-refractivity contribution in [2.45, 2.75) is 0 Å². The molecule has 1 heterocycles. The van der Waals surface area contributed by atoms with Crippen LogP contribution in [-0.4, -0.2) is 0 Å². The molecular formula is C22H18PS. The Morgan fingerprint density at radius 1 is 0.458 bits per heavy atom. The highest BCUT2D eigenvalue weighted by Gasteiger charge is 2.36. The molecule has 4 rings (SSSR count). The Hall–Kier alpha value is -2.21. The SMILES string of the molecule is c1ccc([P](c2ccccc2)(c2ccccc2)c2cccs2)cc1. The molecule has 0 atom stereocenters. The number of thiophene rings is 1.